The molecule has 1 amide bonds. The number of para-hydroxylation sites is 1. The number of nitrogens with zero attached hydrogens (tertiary/aromatic N) is 1. The number of fused-ring (bicyclic) bond motifs is 1. The lowest BCUT2D eigenvalue weighted by Crippen LogP contribution is -2.26. The van der Waals surface area contributed by atoms with Gasteiger partial charge in [-0.3, -0.25) is 9.59 Å². The van der Waals surface area contributed by atoms with Gasteiger partial charge in [0.1, 0.15) is 5.82 Å². The Labute approximate surface area is 141 Å². The van der Waals surface area contributed by atoms with Crippen LogP contribution in [0, 0.1) is 0 Å². The molecule has 0 unspecified atom stereocenters. The maximum atomic E-state index is 12.0. The van der Waals surface area contributed by atoms with Crippen LogP contribution in [0.5, 0.6) is 0 Å². The first kappa shape index (κ1) is 18.1. The second kappa shape index (κ2) is 9.82. The van der Waals surface area contributed by atoms with Crippen molar-refractivity contribution in [1.82, 2.24) is 15.3 Å². The maximum Gasteiger partial charge on any atom is 0.258 e. The highest BCUT2D eigenvalue weighted by Gasteiger charge is 2.06. The van der Waals surface area contributed by atoms with Crippen molar-refractivity contribution < 1.29 is 9.53 Å². The Morgan fingerprint density at radius 3 is 2.88 bits per heavy atom. The third-order valence-electron chi connectivity index (χ3n) is 3.68. The first-order valence-corrected chi connectivity index (χ1v) is 8.53. The summed E-state index contributed by atoms with van der Waals surface area (Å²) in [4.78, 5) is 30.9. The number of hydrogen-bond donors (Lipinski definition) is 2. The van der Waals surface area contributed by atoms with E-state index in [4.69, 9.17) is 4.74 Å². The van der Waals surface area contributed by atoms with E-state index in [9.17, 15) is 9.59 Å². The SMILES string of the molecule is CCCCOCCCNC(=O)CCc1nc2ccccc2c(=O)[nH]1. The molecule has 0 fully saturated rings. The third kappa shape index (κ3) is 5.77. The number of rotatable bonds is 10. The lowest BCUT2D eigenvalue weighted by Gasteiger charge is -2.06. The monoisotopic (exact) mass is 331 g/mol. The Hall–Kier alpha value is -2.21. The van der Waals surface area contributed by atoms with Gasteiger partial charge >= 0.3 is 0 Å². The molecule has 2 rings (SSSR count). The fourth-order valence-corrected chi connectivity index (χ4v) is 2.32. The number of carbonyl (C=O) groups excluding carboxylic acids is 1. The van der Waals surface area contributed by atoms with Crippen molar-refractivity contribution in [2.45, 2.75) is 39.0 Å². The summed E-state index contributed by atoms with van der Waals surface area (Å²) in [7, 11) is 0. The second-order valence-corrected chi connectivity index (χ2v) is 5.70. The van der Waals surface area contributed by atoms with Gasteiger partial charge in [-0.2, -0.15) is 0 Å². The highest BCUT2D eigenvalue weighted by atomic mass is 16.5. The Bertz CT molecular complexity index is 712. The minimum absolute atomic E-state index is 0.0423. The van der Waals surface area contributed by atoms with Gasteiger partial charge in [-0.15, -0.1) is 0 Å². The van der Waals surface area contributed by atoms with Gasteiger partial charge in [0, 0.05) is 32.6 Å². The van der Waals surface area contributed by atoms with Crippen molar-refractivity contribution in [2.75, 3.05) is 19.8 Å². The average Bonchev–Trinajstić information content (AvgIpc) is 2.59. The zero-order valence-corrected chi connectivity index (χ0v) is 14.1. The van der Waals surface area contributed by atoms with Crippen LogP contribution in [0.2, 0.25) is 0 Å². The van der Waals surface area contributed by atoms with Gasteiger partial charge in [0.05, 0.1) is 10.9 Å². The van der Waals surface area contributed by atoms with Crippen LogP contribution in [0.15, 0.2) is 29.1 Å². The van der Waals surface area contributed by atoms with E-state index in [0.29, 0.717) is 42.7 Å². The third-order valence-corrected chi connectivity index (χ3v) is 3.68. The number of H-pyrrole nitrogens is 1. The molecule has 6 heteroatoms. The van der Waals surface area contributed by atoms with E-state index in [-0.39, 0.29) is 11.5 Å². The number of aromatic amines is 1. The molecule has 0 spiro atoms. The number of amides is 1. The van der Waals surface area contributed by atoms with E-state index in [1.807, 2.05) is 6.07 Å². The number of aromatic nitrogens is 2. The van der Waals surface area contributed by atoms with Gasteiger partial charge < -0.3 is 15.0 Å². The van der Waals surface area contributed by atoms with E-state index >= 15 is 0 Å². The summed E-state index contributed by atoms with van der Waals surface area (Å²) in [5.74, 6) is 0.496. The quantitative estimate of drug-likeness (QED) is 0.654. The van der Waals surface area contributed by atoms with Crippen LogP contribution in [0.4, 0.5) is 0 Å². The van der Waals surface area contributed by atoms with Gasteiger partial charge in [-0.1, -0.05) is 25.5 Å². The Morgan fingerprint density at radius 1 is 1.25 bits per heavy atom. The van der Waals surface area contributed by atoms with Crippen molar-refractivity contribution in [2.24, 2.45) is 0 Å². The lowest BCUT2D eigenvalue weighted by atomic mass is 10.2. The van der Waals surface area contributed by atoms with Crippen LogP contribution in [-0.4, -0.2) is 35.6 Å². The zero-order valence-electron chi connectivity index (χ0n) is 14.1. The number of hydrogen-bond acceptors (Lipinski definition) is 4. The first-order valence-electron chi connectivity index (χ1n) is 8.53. The van der Waals surface area contributed by atoms with Gasteiger partial charge in [0.15, 0.2) is 0 Å². The summed E-state index contributed by atoms with van der Waals surface area (Å²) in [6.45, 7) is 4.18. The fourth-order valence-electron chi connectivity index (χ4n) is 2.32. The van der Waals surface area contributed by atoms with Crippen LogP contribution in [0.1, 0.15) is 38.4 Å². The lowest BCUT2D eigenvalue weighted by molar-refractivity contribution is -0.121. The largest absolute Gasteiger partial charge is 0.381 e. The van der Waals surface area contributed by atoms with E-state index < -0.39 is 0 Å². The predicted octanol–water partition coefficient (Wildman–Crippen LogP) is 2.18. The standard InChI is InChI=1S/C18H25N3O3/c1-2-3-12-24-13-6-11-19-17(22)10-9-16-20-15-8-5-4-7-14(15)18(23)21-16/h4-5,7-8H,2-3,6,9-13H2,1H3,(H,19,22)(H,20,21,23). The molecule has 2 N–H and O–H groups in total. The number of ether oxygens (including phenoxy) is 1. The number of benzene rings is 1. The summed E-state index contributed by atoms with van der Waals surface area (Å²) in [6.07, 6.45) is 3.72. The second-order valence-electron chi connectivity index (χ2n) is 5.70. The van der Waals surface area contributed by atoms with Gasteiger partial charge in [0.2, 0.25) is 5.91 Å². The van der Waals surface area contributed by atoms with E-state index in [1.165, 1.54) is 0 Å². The van der Waals surface area contributed by atoms with Gasteiger partial charge in [-0.05, 0) is 25.0 Å². The number of nitrogens with one attached hydrogen (secondary N) is 2. The van der Waals surface area contributed by atoms with E-state index in [2.05, 4.69) is 22.2 Å². The molecule has 6 nitrogen and oxygen atoms in total. The van der Waals surface area contributed by atoms with Crippen molar-refractivity contribution in [3.8, 4) is 0 Å². The highest BCUT2D eigenvalue weighted by Crippen LogP contribution is 2.06. The highest BCUT2D eigenvalue weighted by molar-refractivity contribution is 5.77. The van der Waals surface area contributed by atoms with E-state index in [1.54, 1.807) is 18.2 Å². The molecule has 1 aromatic carbocycles. The van der Waals surface area contributed by atoms with Crippen LogP contribution >= 0.6 is 0 Å². The van der Waals surface area contributed by atoms with Crippen molar-refractivity contribution in [3.05, 3.63) is 40.4 Å². The van der Waals surface area contributed by atoms with Crippen molar-refractivity contribution >= 4 is 16.8 Å². The summed E-state index contributed by atoms with van der Waals surface area (Å²) in [5, 5.41) is 3.42. The van der Waals surface area contributed by atoms with Gasteiger partial charge in [0.25, 0.3) is 5.56 Å². The molecule has 0 aliphatic rings. The molecule has 0 saturated carbocycles. The Morgan fingerprint density at radius 2 is 2.04 bits per heavy atom. The molecule has 0 atom stereocenters. The summed E-state index contributed by atoms with van der Waals surface area (Å²) < 4.78 is 5.44. The molecule has 24 heavy (non-hydrogen) atoms. The Kier molecular flexibility index (Phi) is 7.42. The van der Waals surface area contributed by atoms with Crippen molar-refractivity contribution in [3.63, 3.8) is 0 Å². The molecular weight excluding hydrogens is 306 g/mol. The molecule has 2 aromatic rings. The van der Waals surface area contributed by atoms with Crippen molar-refractivity contribution in [1.29, 1.82) is 0 Å². The van der Waals surface area contributed by atoms with Gasteiger partial charge in [-0.25, -0.2) is 4.98 Å². The minimum Gasteiger partial charge on any atom is -0.381 e. The number of carbonyl (C=O) groups is 1. The summed E-state index contributed by atoms with van der Waals surface area (Å²) in [5.41, 5.74) is 0.487. The number of aryl methyl sites for hydroxylation is 1. The van der Waals surface area contributed by atoms with Crippen LogP contribution < -0.4 is 10.9 Å². The molecule has 0 saturated heterocycles. The number of unbranched alkanes of at least 4 members (excludes halogenated alkanes) is 1. The molecular formula is C18H25N3O3. The molecule has 0 bridgehead atoms. The molecule has 1 heterocycles. The fraction of sp³-hybridized carbons (Fsp3) is 0.500. The first-order chi connectivity index (χ1) is 11.7. The van der Waals surface area contributed by atoms with E-state index in [0.717, 1.165) is 25.9 Å². The maximum absolute atomic E-state index is 12.0. The minimum atomic E-state index is -0.166. The zero-order chi connectivity index (χ0) is 17.2. The normalized spacial score (nSPS) is 10.9. The molecule has 0 aliphatic carbocycles. The predicted molar refractivity (Wildman–Crippen MR) is 94.0 cm³/mol. The van der Waals surface area contributed by atoms with Crippen LogP contribution in [0.25, 0.3) is 10.9 Å². The Balaban J connectivity index is 1.71. The molecule has 0 aliphatic heterocycles. The summed E-state index contributed by atoms with van der Waals surface area (Å²) >= 11 is 0. The smallest absolute Gasteiger partial charge is 0.258 e. The summed E-state index contributed by atoms with van der Waals surface area (Å²) in [6, 6.07) is 7.18. The van der Waals surface area contributed by atoms with Crippen LogP contribution in [0.3, 0.4) is 0 Å². The molecule has 1 aromatic heterocycles. The van der Waals surface area contributed by atoms with Crippen LogP contribution in [-0.2, 0) is 16.0 Å². The molecule has 130 valence electrons. The topological polar surface area (TPSA) is 84.1 Å². The molecule has 0 radical (unpaired) electrons. The average molecular weight is 331 g/mol.